The Morgan fingerprint density at radius 1 is 1.12 bits per heavy atom. The van der Waals surface area contributed by atoms with Gasteiger partial charge < -0.3 is 4.74 Å². The molecule has 11 heteroatoms. The van der Waals surface area contributed by atoms with Crippen molar-refractivity contribution < 1.29 is 14.3 Å². The molecule has 1 aliphatic heterocycles. The highest BCUT2D eigenvalue weighted by molar-refractivity contribution is 6.14. The number of nitrogens with zero attached hydrogens (tertiary/aromatic N) is 5. The maximum Gasteiger partial charge on any atom is 0.412 e. The molecule has 0 radical (unpaired) electrons. The number of amides is 1. The van der Waals surface area contributed by atoms with Crippen LogP contribution < -0.4 is 10.9 Å². The molecule has 2 N–H and O–H groups in total. The Morgan fingerprint density at radius 3 is 2.66 bits per heavy atom. The Hall–Kier alpha value is -4.41. The standard InChI is InChI=1S/C21H17N7O4/c1-21(2,3)32-20(31)22-11-5-6-14-12(9-11)19(30)28-15-7-4-10(17-24-26-27-25-17)8-13(15)16(29)18(28)23-14/h4-9H,1-3H3,(H,22,31)(H,24,25,26,27). The van der Waals surface area contributed by atoms with Gasteiger partial charge in [0.2, 0.25) is 11.6 Å². The first kappa shape index (κ1) is 19.5. The maximum absolute atomic E-state index is 13.3. The van der Waals surface area contributed by atoms with Crippen LogP contribution in [0.1, 0.15) is 37.0 Å². The van der Waals surface area contributed by atoms with Crippen molar-refractivity contribution in [2.45, 2.75) is 26.4 Å². The lowest BCUT2D eigenvalue weighted by Gasteiger charge is -2.19. The number of aromatic nitrogens is 6. The molecule has 5 rings (SSSR count). The third-order valence-corrected chi connectivity index (χ3v) is 4.80. The molecule has 0 bridgehead atoms. The number of hydrogen-bond donors (Lipinski definition) is 2. The molecule has 0 spiro atoms. The van der Waals surface area contributed by atoms with Gasteiger partial charge in [0.1, 0.15) is 5.60 Å². The van der Waals surface area contributed by atoms with Crippen LogP contribution in [0.4, 0.5) is 10.5 Å². The summed E-state index contributed by atoms with van der Waals surface area (Å²) >= 11 is 0. The van der Waals surface area contributed by atoms with Crippen molar-refractivity contribution in [3.05, 3.63) is 58.1 Å². The number of fused-ring (bicyclic) bond motifs is 4. The smallest absolute Gasteiger partial charge is 0.412 e. The second-order valence-electron chi connectivity index (χ2n) is 8.23. The third-order valence-electron chi connectivity index (χ3n) is 4.80. The Kier molecular flexibility index (Phi) is 4.16. The van der Waals surface area contributed by atoms with E-state index in [4.69, 9.17) is 4.74 Å². The normalized spacial score (nSPS) is 12.5. The molecular formula is C21H17N7O4. The van der Waals surface area contributed by atoms with Gasteiger partial charge in [0, 0.05) is 11.3 Å². The first-order valence-corrected chi connectivity index (χ1v) is 9.71. The number of carbonyl (C=O) groups is 2. The van der Waals surface area contributed by atoms with Crippen molar-refractivity contribution in [3.63, 3.8) is 0 Å². The fourth-order valence-corrected chi connectivity index (χ4v) is 3.52. The molecule has 2 aromatic carbocycles. The lowest BCUT2D eigenvalue weighted by molar-refractivity contribution is 0.0636. The van der Waals surface area contributed by atoms with Gasteiger partial charge in [0.25, 0.3) is 5.56 Å². The second-order valence-corrected chi connectivity index (χ2v) is 8.23. The van der Waals surface area contributed by atoms with Crippen LogP contribution in [0.2, 0.25) is 0 Å². The number of nitrogens with one attached hydrogen (secondary N) is 2. The van der Waals surface area contributed by atoms with Crippen molar-refractivity contribution in [1.29, 1.82) is 0 Å². The first-order valence-electron chi connectivity index (χ1n) is 9.71. The van der Waals surface area contributed by atoms with Crippen LogP contribution in [0, 0.1) is 0 Å². The van der Waals surface area contributed by atoms with Crippen LogP contribution in [-0.2, 0) is 4.74 Å². The highest BCUT2D eigenvalue weighted by atomic mass is 16.6. The molecule has 160 valence electrons. The average Bonchev–Trinajstić information content (AvgIpc) is 3.35. The molecule has 32 heavy (non-hydrogen) atoms. The predicted molar refractivity (Wildman–Crippen MR) is 114 cm³/mol. The molecule has 0 saturated heterocycles. The molecule has 0 saturated carbocycles. The Labute approximate surface area is 180 Å². The minimum Gasteiger partial charge on any atom is -0.444 e. The largest absolute Gasteiger partial charge is 0.444 e. The fraction of sp³-hybridized carbons (Fsp3) is 0.190. The molecule has 0 unspecified atom stereocenters. The van der Waals surface area contributed by atoms with Gasteiger partial charge in [-0.2, -0.15) is 5.21 Å². The van der Waals surface area contributed by atoms with Crippen molar-refractivity contribution in [2.75, 3.05) is 5.32 Å². The van der Waals surface area contributed by atoms with Crippen LogP contribution in [-0.4, -0.2) is 47.7 Å². The number of benzene rings is 2. The Bertz CT molecular complexity index is 1470. The average molecular weight is 431 g/mol. The third kappa shape index (κ3) is 3.20. The number of hydrogen-bond acceptors (Lipinski definition) is 8. The monoisotopic (exact) mass is 431 g/mol. The van der Waals surface area contributed by atoms with Gasteiger partial charge >= 0.3 is 6.09 Å². The summed E-state index contributed by atoms with van der Waals surface area (Å²) in [7, 11) is 0. The maximum atomic E-state index is 13.3. The molecule has 11 nitrogen and oxygen atoms in total. The molecular weight excluding hydrogens is 414 g/mol. The van der Waals surface area contributed by atoms with Crippen LogP contribution in [0.3, 0.4) is 0 Å². The number of ketones is 1. The quantitative estimate of drug-likeness (QED) is 0.434. The summed E-state index contributed by atoms with van der Waals surface area (Å²) in [4.78, 5) is 42.8. The number of anilines is 1. The van der Waals surface area contributed by atoms with E-state index in [1.54, 1.807) is 51.1 Å². The number of rotatable bonds is 2. The summed E-state index contributed by atoms with van der Waals surface area (Å²) in [6.07, 6.45) is -0.638. The van der Waals surface area contributed by atoms with E-state index in [9.17, 15) is 14.4 Å². The zero-order valence-electron chi connectivity index (χ0n) is 17.3. The minimum absolute atomic E-state index is 0.0237. The van der Waals surface area contributed by atoms with Crippen LogP contribution in [0.15, 0.2) is 41.2 Å². The highest BCUT2D eigenvalue weighted by Gasteiger charge is 2.31. The summed E-state index contributed by atoms with van der Waals surface area (Å²) in [5, 5.41) is 16.6. The van der Waals surface area contributed by atoms with Gasteiger partial charge in [-0.15, -0.1) is 10.2 Å². The first-order chi connectivity index (χ1) is 15.2. The highest BCUT2D eigenvalue weighted by Crippen LogP contribution is 2.30. The minimum atomic E-state index is -0.659. The van der Waals surface area contributed by atoms with Crippen molar-refractivity contribution >= 4 is 28.5 Å². The SMILES string of the molecule is CC(C)(C)OC(=O)Nc1ccc2nc3n(c(=O)c2c1)-c1ccc(-c2nn[nH]n2)cc1C3=O. The van der Waals surface area contributed by atoms with E-state index in [-0.39, 0.29) is 17.0 Å². The second kappa shape index (κ2) is 6.80. The zero-order chi connectivity index (χ0) is 22.6. The molecule has 0 atom stereocenters. The lowest BCUT2D eigenvalue weighted by atomic mass is 10.1. The lowest BCUT2D eigenvalue weighted by Crippen LogP contribution is -2.27. The van der Waals surface area contributed by atoms with Crippen LogP contribution >= 0.6 is 0 Å². The van der Waals surface area contributed by atoms with Crippen molar-refractivity contribution in [1.82, 2.24) is 30.2 Å². The Balaban J connectivity index is 1.58. The number of carbonyl (C=O) groups excluding carboxylic acids is 2. The molecule has 0 fully saturated rings. The summed E-state index contributed by atoms with van der Waals surface area (Å²) in [6.45, 7) is 5.27. The molecule has 2 aromatic heterocycles. The summed E-state index contributed by atoms with van der Waals surface area (Å²) in [5.41, 5.74) is 0.963. The van der Waals surface area contributed by atoms with E-state index < -0.39 is 17.3 Å². The van der Waals surface area contributed by atoms with E-state index >= 15 is 0 Å². The van der Waals surface area contributed by atoms with Gasteiger partial charge in [0.05, 0.1) is 22.2 Å². The Morgan fingerprint density at radius 2 is 1.94 bits per heavy atom. The van der Waals surface area contributed by atoms with E-state index in [2.05, 4.69) is 30.9 Å². The zero-order valence-corrected chi connectivity index (χ0v) is 17.3. The van der Waals surface area contributed by atoms with Crippen molar-refractivity contribution in [3.8, 4) is 17.1 Å². The van der Waals surface area contributed by atoms with Gasteiger partial charge in [-0.3, -0.25) is 19.5 Å². The van der Waals surface area contributed by atoms with Crippen LogP contribution in [0.25, 0.3) is 28.0 Å². The van der Waals surface area contributed by atoms with E-state index in [1.165, 1.54) is 10.6 Å². The number of tetrazole rings is 1. The van der Waals surface area contributed by atoms with Gasteiger partial charge in [0.15, 0.2) is 5.82 Å². The predicted octanol–water partition coefficient (Wildman–Crippen LogP) is 2.46. The summed E-state index contributed by atoms with van der Waals surface area (Å²) in [6, 6.07) is 9.63. The number of aromatic amines is 1. The van der Waals surface area contributed by atoms with Gasteiger partial charge in [-0.05, 0) is 62.4 Å². The van der Waals surface area contributed by atoms with Gasteiger partial charge in [-0.1, -0.05) is 0 Å². The van der Waals surface area contributed by atoms with Gasteiger partial charge in [-0.25, -0.2) is 9.78 Å². The molecule has 0 aliphatic carbocycles. The number of ether oxygens (including phenoxy) is 1. The summed E-state index contributed by atoms with van der Waals surface area (Å²) in [5.74, 6) is -0.0178. The number of H-pyrrole nitrogens is 1. The van der Waals surface area contributed by atoms with Crippen LogP contribution in [0.5, 0.6) is 0 Å². The topological polar surface area (TPSA) is 145 Å². The van der Waals surface area contributed by atoms with E-state index in [0.717, 1.165) is 0 Å². The van der Waals surface area contributed by atoms with E-state index in [0.29, 0.717) is 33.8 Å². The summed E-state index contributed by atoms with van der Waals surface area (Å²) < 4.78 is 6.52. The fourth-order valence-electron chi connectivity index (χ4n) is 3.52. The molecule has 3 heterocycles. The van der Waals surface area contributed by atoms with Crippen molar-refractivity contribution in [2.24, 2.45) is 0 Å². The molecule has 4 aromatic rings. The van der Waals surface area contributed by atoms with E-state index in [1.807, 2.05) is 0 Å². The molecule has 1 amide bonds. The molecule has 1 aliphatic rings.